The molecule has 21 heavy (non-hydrogen) atoms. The Morgan fingerprint density at radius 2 is 1.71 bits per heavy atom. The first kappa shape index (κ1) is 14.3. The molecule has 3 nitrogen and oxygen atoms in total. The van der Waals surface area contributed by atoms with Crippen LogP contribution in [0.3, 0.4) is 0 Å². The third kappa shape index (κ3) is 2.50. The van der Waals surface area contributed by atoms with Gasteiger partial charge in [-0.05, 0) is 49.3 Å². The van der Waals surface area contributed by atoms with Gasteiger partial charge in [0.2, 0.25) is 11.8 Å². The number of rotatable bonds is 3. The number of hydrogen-bond donors (Lipinski definition) is 0. The molecule has 1 aromatic carbocycles. The zero-order valence-electron chi connectivity index (χ0n) is 12.8. The molecule has 0 N–H and O–H groups in total. The summed E-state index contributed by atoms with van der Waals surface area (Å²) in [5, 5.41) is 0. The summed E-state index contributed by atoms with van der Waals surface area (Å²) in [4.78, 5) is 26.6. The van der Waals surface area contributed by atoms with E-state index in [0.29, 0.717) is 5.92 Å². The van der Waals surface area contributed by atoms with E-state index in [-0.39, 0.29) is 23.7 Å². The van der Waals surface area contributed by atoms with E-state index in [4.69, 9.17) is 0 Å². The maximum Gasteiger partial charge on any atom is 0.237 e. The molecule has 1 heterocycles. The van der Waals surface area contributed by atoms with E-state index >= 15 is 0 Å². The fraction of sp³-hybridized carbons (Fsp3) is 0.556. The molecule has 2 amide bonds. The van der Waals surface area contributed by atoms with Crippen LogP contribution in [0.1, 0.15) is 45.1 Å². The van der Waals surface area contributed by atoms with Crippen molar-refractivity contribution in [1.29, 1.82) is 0 Å². The second kappa shape index (κ2) is 5.63. The molecule has 0 spiro atoms. The van der Waals surface area contributed by atoms with Gasteiger partial charge >= 0.3 is 0 Å². The number of fused-ring (bicyclic) bond motifs is 1. The first-order valence-corrected chi connectivity index (χ1v) is 8.08. The number of hydrogen-bond acceptors (Lipinski definition) is 2. The van der Waals surface area contributed by atoms with Crippen LogP contribution in [0.25, 0.3) is 0 Å². The average Bonchev–Trinajstić information content (AvgIpc) is 2.72. The van der Waals surface area contributed by atoms with Crippen molar-refractivity contribution in [2.45, 2.75) is 46.0 Å². The van der Waals surface area contributed by atoms with Crippen molar-refractivity contribution in [3.05, 3.63) is 29.8 Å². The number of anilines is 1. The molecule has 3 rings (SSSR count). The highest BCUT2D eigenvalue weighted by Crippen LogP contribution is 2.42. The average molecular weight is 285 g/mol. The molecule has 2 aliphatic rings. The minimum Gasteiger partial charge on any atom is -0.274 e. The van der Waals surface area contributed by atoms with Crippen LogP contribution in [0.15, 0.2) is 24.3 Å². The molecule has 1 aliphatic heterocycles. The molecule has 3 atom stereocenters. The number of carbonyl (C=O) groups excluding carboxylic acids is 2. The molecule has 1 saturated heterocycles. The van der Waals surface area contributed by atoms with Crippen molar-refractivity contribution >= 4 is 17.5 Å². The maximum atomic E-state index is 12.6. The fourth-order valence-electron chi connectivity index (χ4n) is 3.74. The summed E-state index contributed by atoms with van der Waals surface area (Å²) in [6, 6.07) is 7.90. The molecule has 2 fully saturated rings. The number of carbonyl (C=O) groups is 2. The van der Waals surface area contributed by atoms with E-state index in [1.54, 1.807) is 0 Å². The van der Waals surface area contributed by atoms with Crippen LogP contribution < -0.4 is 4.90 Å². The van der Waals surface area contributed by atoms with Crippen LogP contribution in [0.5, 0.6) is 0 Å². The Balaban J connectivity index is 1.85. The van der Waals surface area contributed by atoms with Crippen LogP contribution in [0, 0.1) is 17.8 Å². The molecule has 0 radical (unpaired) electrons. The number of imide groups is 1. The van der Waals surface area contributed by atoms with E-state index in [2.05, 4.69) is 13.8 Å². The summed E-state index contributed by atoms with van der Waals surface area (Å²) in [6.45, 7) is 4.32. The van der Waals surface area contributed by atoms with Gasteiger partial charge < -0.3 is 0 Å². The Morgan fingerprint density at radius 1 is 1.05 bits per heavy atom. The molecule has 0 unspecified atom stereocenters. The van der Waals surface area contributed by atoms with Crippen molar-refractivity contribution < 1.29 is 9.59 Å². The number of nitrogens with zero attached hydrogens (tertiary/aromatic N) is 1. The zero-order valence-corrected chi connectivity index (χ0v) is 12.8. The van der Waals surface area contributed by atoms with E-state index in [0.717, 1.165) is 37.8 Å². The molecule has 1 aliphatic carbocycles. The Hall–Kier alpha value is -1.64. The minimum atomic E-state index is -0.0865. The molecule has 3 heteroatoms. The number of aryl methyl sites for hydroxylation is 1. The maximum absolute atomic E-state index is 12.6. The van der Waals surface area contributed by atoms with Gasteiger partial charge in [0, 0.05) is 0 Å². The Morgan fingerprint density at radius 3 is 2.38 bits per heavy atom. The molecule has 0 aromatic heterocycles. The van der Waals surface area contributed by atoms with Gasteiger partial charge in [-0.2, -0.15) is 0 Å². The minimum absolute atomic E-state index is 0.0137. The van der Waals surface area contributed by atoms with E-state index in [1.165, 1.54) is 10.5 Å². The second-order valence-electron chi connectivity index (χ2n) is 6.56. The van der Waals surface area contributed by atoms with Crippen LogP contribution in [0.2, 0.25) is 0 Å². The molecule has 112 valence electrons. The summed E-state index contributed by atoms with van der Waals surface area (Å²) in [5.41, 5.74) is 2.00. The van der Waals surface area contributed by atoms with E-state index < -0.39 is 0 Å². The fourth-order valence-corrected chi connectivity index (χ4v) is 3.74. The molecule has 1 saturated carbocycles. The normalized spacial score (nSPS) is 28.9. The lowest BCUT2D eigenvalue weighted by atomic mass is 9.76. The Kier molecular flexibility index (Phi) is 3.83. The lowest BCUT2D eigenvalue weighted by molar-refractivity contribution is -0.122. The van der Waals surface area contributed by atoms with Gasteiger partial charge in [0.1, 0.15) is 0 Å². The third-order valence-electron chi connectivity index (χ3n) is 4.92. The predicted molar refractivity (Wildman–Crippen MR) is 82.9 cm³/mol. The third-order valence-corrected chi connectivity index (χ3v) is 4.92. The van der Waals surface area contributed by atoms with Crippen LogP contribution in [0.4, 0.5) is 5.69 Å². The number of amides is 2. The van der Waals surface area contributed by atoms with E-state index in [9.17, 15) is 9.59 Å². The first-order valence-electron chi connectivity index (χ1n) is 8.08. The van der Waals surface area contributed by atoms with Gasteiger partial charge in [-0.25, -0.2) is 0 Å². The van der Waals surface area contributed by atoms with Crippen LogP contribution >= 0.6 is 0 Å². The molecule has 0 bridgehead atoms. The number of benzene rings is 1. The zero-order chi connectivity index (χ0) is 15.0. The van der Waals surface area contributed by atoms with Gasteiger partial charge in [-0.3, -0.25) is 14.5 Å². The van der Waals surface area contributed by atoms with Crippen LogP contribution in [-0.4, -0.2) is 11.8 Å². The highest BCUT2D eigenvalue weighted by atomic mass is 16.2. The van der Waals surface area contributed by atoms with Crippen LogP contribution in [-0.2, 0) is 16.0 Å². The van der Waals surface area contributed by atoms with Crippen molar-refractivity contribution in [3.8, 4) is 0 Å². The smallest absolute Gasteiger partial charge is 0.237 e. The Labute approximate surface area is 126 Å². The van der Waals surface area contributed by atoms with Crippen molar-refractivity contribution in [2.75, 3.05) is 4.90 Å². The summed E-state index contributed by atoms with van der Waals surface area (Å²) in [5.74, 6) is 0.412. The van der Waals surface area contributed by atoms with Gasteiger partial charge in [-0.1, -0.05) is 32.4 Å². The molecule has 1 aromatic rings. The monoisotopic (exact) mass is 285 g/mol. The summed E-state index contributed by atoms with van der Waals surface area (Å²) >= 11 is 0. The standard InChI is InChI=1S/C18H23NO2/c1-3-4-13-6-8-14(9-7-13)19-17(20)15-10-5-12(2)11-16(15)18(19)21/h6-9,12,15-16H,3-5,10-11H2,1-2H3/t12-,15-,16+/m1/s1. The SMILES string of the molecule is CCCc1ccc(N2C(=O)[C@H]3C[C@H](C)CC[C@H]3C2=O)cc1. The second-order valence-corrected chi connectivity index (χ2v) is 6.56. The van der Waals surface area contributed by atoms with Gasteiger partial charge in [-0.15, -0.1) is 0 Å². The van der Waals surface area contributed by atoms with Crippen molar-refractivity contribution in [3.63, 3.8) is 0 Å². The lowest BCUT2D eigenvalue weighted by Gasteiger charge is -2.25. The highest BCUT2D eigenvalue weighted by molar-refractivity contribution is 6.22. The van der Waals surface area contributed by atoms with Gasteiger partial charge in [0.05, 0.1) is 17.5 Å². The summed E-state index contributed by atoms with van der Waals surface area (Å²) in [6.07, 6.45) is 4.91. The Bertz CT molecular complexity index is 549. The lowest BCUT2D eigenvalue weighted by Crippen LogP contribution is -2.30. The topological polar surface area (TPSA) is 37.4 Å². The van der Waals surface area contributed by atoms with Crippen molar-refractivity contribution in [1.82, 2.24) is 0 Å². The van der Waals surface area contributed by atoms with Crippen molar-refractivity contribution in [2.24, 2.45) is 17.8 Å². The van der Waals surface area contributed by atoms with E-state index in [1.807, 2.05) is 24.3 Å². The summed E-state index contributed by atoms with van der Waals surface area (Å²) in [7, 11) is 0. The van der Waals surface area contributed by atoms with Gasteiger partial charge in [0.25, 0.3) is 0 Å². The first-order chi connectivity index (χ1) is 10.1. The largest absolute Gasteiger partial charge is 0.274 e. The molecular weight excluding hydrogens is 262 g/mol. The molecular formula is C18H23NO2. The highest BCUT2D eigenvalue weighted by Gasteiger charge is 2.49. The summed E-state index contributed by atoms with van der Waals surface area (Å²) < 4.78 is 0. The quantitative estimate of drug-likeness (QED) is 0.796. The predicted octanol–water partition coefficient (Wildman–Crippen LogP) is 3.56. The van der Waals surface area contributed by atoms with Gasteiger partial charge in [0.15, 0.2) is 0 Å².